The minimum absolute atomic E-state index is 0.129. The van der Waals surface area contributed by atoms with Crippen molar-refractivity contribution in [3.8, 4) is 0 Å². The highest BCUT2D eigenvalue weighted by atomic mass is 79.9. The van der Waals surface area contributed by atoms with Crippen LogP contribution >= 0.6 is 15.9 Å². The number of halogens is 1. The zero-order chi connectivity index (χ0) is 19.0. The minimum Gasteiger partial charge on any atom is -0.389 e. The van der Waals surface area contributed by atoms with Gasteiger partial charge in [-0.25, -0.2) is 4.90 Å². The van der Waals surface area contributed by atoms with Crippen LogP contribution in [0, 0.1) is 17.8 Å². The van der Waals surface area contributed by atoms with Crippen LogP contribution in [0.2, 0.25) is 0 Å². The molecule has 2 amide bonds. The number of rotatable bonds is 2. The van der Waals surface area contributed by atoms with Crippen LogP contribution in [0.15, 0.2) is 64.2 Å². The molecule has 4 aliphatic rings. The maximum atomic E-state index is 13.2. The highest BCUT2D eigenvalue weighted by Gasteiger charge is 2.72. The molecule has 28 heavy (non-hydrogen) atoms. The summed E-state index contributed by atoms with van der Waals surface area (Å²) in [6, 6.07) is 17.0. The molecule has 4 heterocycles. The molecule has 4 aliphatic heterocycles. The summed E-state index contributed by atoms with van der Waals surface area (Å²) in [6.07, 6.45) is -1.15. The molecule has 0 radical (unpaired) electrons. The molecule has 6 nitrogen and oxygen atoms in total. The second kappa shape index (κ2) is 5.75. The summed E-state index contributed by atoms with van der Waals surface area (Å²) in [7, 11) is 0. The maximum absolute atomic E-state index is 13.2. The molecule has 6 unspecified atom stereocenters. The molecular weight excluding hydrogens is 424 g/mol. The first-order valence-corrected chi connectivity index (χ1v) is 10.0. The Bertz CT molecular complexity index is 1020. The van der Waals surface area contributed by atoms with Crippen LogP contribution in [-0.2, 0) is 19.2 Å². The zero-order valence-corrected chi connectivity index (χ0v) is 16.2. The molecule has 2 bridgehead atoms. The third kappa shape index (κ3) is 2.03. The second-order valence-corrected chi connectivity index (χ2v) is 8.46. The van der Waals surface area contributed by atoms with Crippen LogP contribution in [0.3, 0.4) is 0 Å². The Morgan fingerprint density at radius 3 is 2.21 bits per heavy atom. The predicted octanol–water partition coefficient (Wildman–Crippen LogP) is 2.76. The van der Waals surface area contributed by atoms with Gasteiger partial charge in [-0.15, -0.1) is 0 Å². The lowest BCUT2D eigenvalue weighted by Crippen LogP contribution is -2.45. The van der Waals surface area contributed by atoms with Crippen LogP contribution in [0.25, 0.3) is 0 Å². The third-order valence-electron chi connectivity index (χ3n) is 6.19. The van der Waals surface area contributed by atoms with Crippen LogP contribution in [0.5, 0.6) is 0 Å². The number of benzene rings is 2. The molecule has 2 aromatic carbocycles. The van der Waals surface area contributed by atoms with Crippen LogP contribution < -0.4 is 4.90 Å². The topological polar surface area (TPSA) is 68.2 Å². The fourth-order valence-corrected chi connectivity index (χ4v) is 5.31. The van der Waals surface area contributed by atoms with Crippen molar-refractivity contribution in [2.45, 2.75) is 18.3 Å². The van der Waals surface area contributed by atoms with Crippen molar-refractivity contribution in [2.75, 3.05) is 4.90 Å². The summed E-state index contributed by atoms with van der Waals surface area (Å²) in [5, 5.41) is 4.29. The number of hydrogen-bond donors (Lipinski definition) is 0. The number of anilines is 1. The second-order valence-electron chi connectivity index (χ2n) is 7.54. The average molecular weight is 439 g/mol. The van der Waals surface area contributed by atoms with E-state index in [1.165, 1.54) is 4.90 Å². The van der Waals surface area contributed by atoms with Crippen molar-refractivity contribution in [3.63, 3.8) is 0 Å². The highest BCUT2D eigenvalue weighted by molar-refractivity contribution is 9.10. The standard InChI is InChI=1S/C21H15BrN2O4/c22-11-6-8-12(9-7-11)24-20(25)13-14(21(24)26)18-19-15(17(13)27-18)16(23-28-19)10-4-2-1-3-5-10/h1-9,13-15,17-19H. The number of carbonyl (C=O) groups excluding carboxylic acids is 2. The number of imide groups is 1. The van der Waals surface area contributed by atoms with E-state index in [1.54, 1.807) is 12.1 Å². The Morgan fingerprint density at radius 2 is 1.50 bits per heavy atom. The average Bonchev–Trinajstić information content (AvgIpc) is 3.44. The minimum atomic E-state index is -0.507. The van der Waals surface area contributed by atoms with Gasteiger partial charge in [0, 0.05) is 4.47 Å². The summed E-state index contributed by atoms with van der Waals surface area (Å²) < 4.78 is 7.01. The van der Waals surface area contributed by atoms with Crippen LogP contribution in [0.4, 0.5) is 5.69 Å². The fraction of sp³-hybridized carbons (Fsp3) is 0.286. The van der Waals surface area contributed by atoms with E-state index in [-0.39, 0.29) is 23.8 Å². The van der Waals surface area contributed by atoms with E-state index >= 15 is 0 Å². The first-order valence-electron chi connectivity index (χ1n) is 9.23. The Morgan fingerprint density at radius 1 is 0.821 bits per heavy atom. The molecule has 3 saturated heterocycles. The van der Waals surface area contributed by atoms with E-state index in [2.05, 4.69) is 21.1 Å². The van der Waals surface area contributed by atoms with Crippen molar-refractivity contribution in [2.24, 2.45) is 22.9 Å². The summed E-state index contributed by atoms with van der Waals surface area (Å²) in [4.78, 5) is 33.4. The summed E-state index contributed by atoms with van der Waals surface area (Å²) in [5.74, 6) is -1.52. The Balaban J connectivity index is 1.36. The molecule has 0 N–H and O–H groups in total. The van der Waals surface area contributed by atoms with Crippen molar-refractivity contribution >= 4 is 39.1 Å². The predicted molar refractivity (Wildman–Crippen MR) is 104 cm³/mol. The van der Waals surface area contributed by atoms with E-state index in [0.29, 0.717) is 5.69 Å². The van der Waals surface area contributed by atoms with E-state index in [4.69, 9.17) is 9.57 Å². The quantitative estimate of drug-likeness (QED) is 0.676. The SMILES string of the molecule is O=C1C2C3OC(C4C(c5ccccc5)=NOC34)C2C(=O)N1c1ccc(Br)cc1. The molecular formula is C21H15BrN2O4. The van der Waals surface area contributed by atoms with Gasteiger partial charge in [-0.2, -0.15) is 0 Å². The Labute approximate surface area is 169 Å². The molecule has 2 aromatic rings. The largest absolute Gasteiger partial charge is 0.389 e. The lowest BCUT2D eigenvalue weighted by atomic mass is 9.71. The van der Waals surface area contributed by atoms with Gasteiger partial charge in [0.1, 0.15) is 6.10 Å². The summed E-state index contributed by atoms with van der Waals surface area (Å²) >= 11 is 3.39. The molecule has 140 valence electrons. The van der Waals surface area contributed by atoms with Crippen molar-refractivity contribution in [1.82, 2.24) is 0 Å². The van der Waals surface area contributed by atoms with Crippen molar-refractivity contribution in [3.05, 3.63) is 64.6 Å². The van der Waals surface area contributed by atoms with Crippen LogP contribution in [0.1, 0.15) is 5.56 Å². The number of amides is 2. The van der Waals surface area contributed by atoms with Gasteiger partial charge in [0.15, 0.2) is 6.10 Å². The Kier molecular flexibility index (Phi) is 3.38. The first kappa shape index (κ1) is 16.4. The van der Waals surface area contributed by atoms with Gasteiger partial charge in [0.25, 0.3) is 0 Å². The van der Waals surface area contributed by atoms with Gasteiger partial charge in [0.05, 0.1) is 35.3 Å². The van der Waals surface area contributed by atoms with E-state index in [0.717, 1.165) is 15.7 Å². The fourth-order valence-electron chi connectivity index (χ4n) is 5.05. The van der Waals surface area contributed by atoms with Crippen molar-refractivity contribution < 1.29 is 19.2 Å². The van der Waals surface area contributed by atoms with E-state index < -0.39 is 24.0 Å². The van der Waals surface area contributed by atoms with Gasteiger partial charge in [0.2, 0.25) is 11.8 Å². The van der Waals surface area contributed by atoms with Gasteiger partial charge in [-0.05, 0) is 29.8 Å². The van der Waals surface area contributed by atoms with E-state index in [9.17, 15) is 9.59 Å². The normalized spacial score (nSPS) is 35.0. The lowest BCUT2D eigenvalue weighted by molar-refractivity contribution is -0.125. The number of hydrogen-bond acceptors (Lipinski definition) is 5. The molecule has 0 aromatic heterocycles. The maximum Gasteiger partial charge on any atom is 0.240 e. The Hall–Kier alpha value is -2.51. The molecule has 0 aliphatic carbocycles. The lowest BCUT2D eigenvalue weighted by Gasteiger charge is -2.26. The highest BCUT2D eigenvalue weighted by Crippen LogP contribution is 2.55. The van der Waals surface area contributed by atoms with Gasteiger partial charge < -0.3 is 9.57 Å². The summed E-state index contributed by atoms with van der Waals surface area (Å²) in [6.45, 7) is 0. The van der Waals surface area contributed by atoms with E-state index in [1.807, 2.05) is 42.5 Å². The third-order valence-corrected chi connectivity index (χ3v) is 6.72. The zero-order valence-electron chi connectivity index (χ0n) is 14.6. The summed E-state index contributed by atoms with van der Waals surface area (Å²) in [5.41, 5.74) is 2.36. The number of nitrogens with zero attached hydrogens (tertiary/aromatic N) is 2. The van der Waals surface area contributed by atoms with Crippen molar-refractivity contribution in [1.29, 1.82) is 0 Å². The number of oxime groups is 1. The first-order chi connectivity index (χ1) is 13.6. The molecule has 0 saturated carbocycles. The molecule has 7 heteroatoms. The smallest absolute Gasteiger partial charge is 0.240 e. The number of ether oxygens (including phenoxy) is 1. The van der Waals surface area contributed by atoms with Gasteiger partial charge in [-0.1, -0.05) is 51.4 Å². The molecule has 6 atom stereocenters. The molecule has 6 rings (SSSR count). The monoisotopic (exact) mass is 438 g/mol. The number of fused-ring (bicyclic) bond motifs is 8. The number of carbonyl (C=O) groups is 2. The van der Waals surface area contributed by atoms with Gasteiger partial charge in [-0.3, -0.25) is 9.59 Å². The molecule has 3 fully saturated rings. The van der Waals surface area contributed by atoms with Crippen LogP contribution in [-0.4, -0.2) is 35.8 Å². The van der Waals surface area contributed by atoms with Gasteiger partial charge >= 0.3 is 0 Å². The molecule has 0 spiro atoms.